The van der Waals surface area contributed by atoms with Crippen LogP contribution in [0.4, 0.5) is 0 Å². The van der Waals surface area contributed by atoms with Gasteiger partial charge < -0.3 is 15.0 Å². The van der Waals surface area contributed by atoms with E-state index in [-0.39, 0.29) is 11.9 Å². The lowest BCUT2D eigenvalue weighted by Gasteiger charge is -2.36. The van der Waals surface area contributed by atoms with Gasteiger partial charge in [-0.1, -0.05) is 60.7 Å². The van der Waals surface area contributed by atoms with Crippen molar-refractivity contribution in [1.82, 2.24) is 10.2 Å². The molecule has 1 aliphatic rings. The van der Waals surface area contributed by atoms with Crippen molar-refractivity contribution in [1.29, 1.82) is 0 Å². The van der Waals surface area contributed by atoms with E-state index in [2.05, 4.69) is 17.4 Å². The average molecular weight is 310 g/mol. The summed E-state index contributed by atoms with van der Waals surface area (Å²) in [6.45, 7) is 2.93. The molecule has 1 heterocycles. The van der Waals surface area contributed by atoms with E-state index in [1.807, 2.05) is 53.4 Å². The lowest BCUT2D eigenvalue weighted by Crippen LogP contribution is -2.56. The van der Waals surface area contributed by atoms with Crippen molar-refractivity contribution in [3.8, 4) is 0 Å². The van der Waals surface area contributed by atoms with Gasteiger partial charge in [0.15, 0.2) is 0 Å². The van der Waals surface area contributed by atoms with Gasteiger partial charge in [0.25, 0.3) is 0 Å². The Morgan fingerprint density at radius 3 is 2.35 bits per heavy atom. The highest BCUT2D eigenvalue weighted by Crippen LogP contribution is 2.12. The summed E-state index contributed by atoms with van der Waals surface area (Å²) in [7, 11) is 0. The minimum absolute atomic E-state index is 0.0696. The van der Waals surface area contributed by atoms with E-state index in [4.69, 9.17) is 4.74 Å². The molecule has 1 amide bonds. The molecule has 3 rings (SSSR count). The van der Waals surface area contributed by atoms with Crippen LogP contribution in [-0.4, -0.2) is 36.5 Å². The minimum atomic E-state index is 0.0696. The summed E-state index contributed by atoms with van der Waals surface area (Å²) in [5, 5.41) is 3.18. The second-order valence-electron chi connectivity index (χ2n) is 5.79. The number of hydrogen-bond donors (Lipinski definition) is 1. The predicted octanol–water partition coefficient (Wildman–Crippen LogP) is 2.20. The molecule has 2 aromatic carbocycles. The molecule has 0 aliphatic carbocycles. The molecule has 23 heavy (non-hydrogen) atoms. The number of carbonyl (C=O) groups is 1. The Kier molecular flexibility index (Phi) is 5.40. The molecule has 0 unspecified atom stereocenters. The summed E-state index contributed by atoms with van der Waals surface area (Å²) in [6, 6.07) is 20.3. The third-order valence-electron chi connectivity index (χ3n) is 4.03. The monoisotopic (exact) mass is 310 g/mol. The first-order chi connectivity index (χ1) is 11.3. The smallest absolute Gasteiger partial charge is 0.237 e. The highest BCUT2D eigenvalue weighted by molar-refractivity contribution is 5.79. The van der Waals surface area contributed by atoms with Crippen LogP contribution in [0.25, 0.3) is 0 Å². The average Bonchev–Trinajstić information content (AvgIpc) is 2.60. The maximum absolute atomic E-state index is 12.3. The summed E-state index contributed by atoms with van der Waals surface area (Å²) in [4.78, 5) is 14.2. The molecule has 0 spiro atoms. The van der Waals surface area contributed by atoms with Crippen LogP contribution < -0.4 is 5.32 Å². The Hall–Kier alpha value is -2.17. The highest BCUT2D eigenvalue weighted by atomic mass is 16.5. The molecule has 1 atom stereocenters. The molecule has 1 N–H and O–H groups in total. The van der Waals surface area contributed by atoms with Crippen LogP contribution in [0, 0.1) is 0 Å². The summed E-state index contributed by atoms with van der Waals surface area (Å²) < 4.78 is 5.84. The Morgan fingerprint density at radius 2 is 1.65 bits per heavy atom. The minimum Gasteiger partial charge on any atom is -0.375 e. The van der Waals surface area contributed by atoms with Crippen molar-refractivity contribution in [3.63, 3.8) is 0 Å². The topological polar surface area (TPSA) is 41.6 Å². The van der Waals surface area contributed by atoms with E-state index in [9.17, 15) is 4.79 Å². The zero-order valence-electron chi connectivity index (χ0n) is 13.2. The molecular weight excluding hydrogens is 288 g/mol. The Morgan fingerprint density at radius 1 is 1.00 bits per heavy atom. The van der Waals surface area contributed by atoms with Gasteiger partial charge in [-0.05, 0) is 11.1 Å². The first kappa shape index (κ1) is 15.7. The van der Waals surface area contributed by atoms with Gasteiger partial charge in [-0.2, -0.15) is 0 Å². The molecule has 0 radical (unpaired) electrons. The van der Waals surface area contributed by atoms with Crippen LogP contribution >= 0.6 is 0 Å². The van der Waals surface area contributed by atoms with Crippen LogP contribution in [-0.2, 0) is 22.7 Å². The zero-order chi connectivity index (χ0) is 15.9. The molecule has 1 saturated heterocycles. The number of carbonyl (C=O) groups excluding carboxylic acids is 1. The Balaban J connectivity index is 1.58. The van der Waals surface area contributed by atoms with Gasteiger partial charge in [0.2, 0.25) is 5.91 Å². The molecular formula is C19H22N2O2. The van der Waals surface area contributed by atoms with Crippen LogP contribution in [0.15, 0.2) is 60.7 Å². The zero-order valence-corrected chi connectivity index (χ0v) is 13.2. The number of hydrogen-bond acceptors (Lipinski definition) is 3. The van der Waals surface area contributed by atoms with Gasteiger partial charge in [-0.3, -0.25) is 4.79 Å². The van der Waals surface area contributed by atoms with Crippen molar-refractivity contribution in [2.75, 3.05) is 19.7 Å². The van der Waals surface area contributed by atoms with E-state index in [0.29, 0.717) is 26.3 Å². The fourth-order valence-corrected chi connectivity index (χ4v) is 2.79. The predicted molar refractivity (Wildman–Crippen MR) is 89.7 cm³/mol. The maximum atomic E-state index is 12.3. The number of ether oxygens (including phenoxy) is 1. The SMILES string of the molecule is O=C1CNC[C@H](COCc2ccccc2)N1Cc1ccccc1. The van der Waals surface area contributed by atoms with Crippen LogP contribution in [0.5, 0.6) is 0 Å². The third-order valence-corrected chi connectivity index (χ3v) is 4.03. The van der Waals surface area contributed by atoms with Gasteiger partial charge in [-0.25, -0.2) is 0 Å². The fraction of sp³-hybridized carbons (Fsp3) is 0.316. The van der Waals surface area contributed by atoms with E-state index in [1.54, 1.807) is 0 Å². The standard InChI is InChI=1S/C19H22N2O2/c22-19-12-20-11-18(15-23-14-17-9-5-2-6-10-17)21(19)13-16-7-3-1-4-8-16/h1-10,18,20H,11-15H2/t18-/m1/s1. The normalized spacial score (nSPS) is 18.2. The molecule has 0 aromatic heterocycles. The van der Waals surface area contributed by atoms with Gasteiger partial charge in [0, 0.05) is 13.1 Å². The Labute approximate surface area is 137 Å². The second-order valence-corrected chi connectivity index (χ2v) is 5.79. The number of rotatable bonds is 6. The molecule has 4 nitrogen and oxygen atoms in total. The van der Waals surface area contributed by atoms with Gasteiger partial charge in [-0.15, -0.1) is 0 Å². The molecule has 4 heteroatoms. The molecule has 120 valence electrons. The van der Waals surface area contributed by atoms with Crippen LogP contribution in [0.1, 0.15) is 11.1 Å². The largest absolute Gasteiger partial charge is 0.375 e. The van der Waals surface area contributed by atoms with E-state index < -0.39 is 0 Å². The number of amides is 1. The summed E-state index contributed by atoms with van der Waals surface area (Å²) in [6.07, 6.45) is 0. The number of nitrogens with zero attached hydrogens (tertiary/aromatic N) is 1. The van der Waals surface area contributed by atoms with Crippen molar-refractivity contribution >= 4 is 5.91 Å². The first-order valence-electron chi connectivity index (χ1n) is 7.99. The number of piperazine rings is 1. The van der Waals surface area contributed by atoms with E-state index >= 15 is 0 Å². The fourth-order valence-electron chi connectivity index (χ4n) is 2.79. The quantitative estimate of drug-likeness (QED) is 0.889. The maximum Gasteiger partial charge on any atom is 0.237 e. The number of nitrogens with one attached hydrogen (secondary N) is 1. The summed E-state index contributed by atoms with van der Waals surface area (Å²) in [5.74, 6) is 0.133. The van der Waals surface area contributed by atoms with Gasteiger partial charge in [0.1, 0.15) is 0 Å². The second kappa shape index (κ2) is 7.90. The van der Waals surface area contributed by atoms with Gasteiger partial charge in [0.05, 0.1) is 25.8 Å². The molecule has 1 aliphatic heterocycles. The molecule has 2 aromatic rings. The third kappa shape index (κ3) is 4.41. The molecule has 0 bridgehead atoms. The van der Waals surface area contributed by atoms with Crippen LogP contribution in [0.2, 0.25) is 0 Å². The van der Waals surface area contributed by atoms with Crippen molar-refractivity contribution in [3.05, 3.63) is 71.8 Å². The van der Waals surface area contributed by atoms with Crippen molar-refractivity contribution in [2.24, 2.45) is 0 Å². The van der Waals surface area contributed by atoms with Crippen molar-refractivity contribution in [2.45, 2.75) is 19.2 Å². The molecule has 1 fully saturated rings. The lowest BCUT2D eigenvalue weighted by molar-refractivity contribution is -0.137. The molecule has 0 saturated carbocycles. The van der Waals surface area contributed by atoms with E-state index in [0.717, 1.165) is 17.7 Å². The lowest BCUT2D eigenvalue weighted by atomic mass is 10.1. The number of benzene rings is 2. The Bertz CT molecular complexity index is 616. The first-order valence-corrected chi connectivity index (χ1v) is 7.99. The summed E-state index contributed by atoms with van der Waals surface area (Å²) in [5.41, 5.74) is 2.30. The highest BCUT2D eigenvalue weighted by Gasteiger charge is 2.27. The summed E-state index contributed by atoms with van der Waals surface area (Å²) >= 11 is 0. The van der Waals surface area contributed by atoms with E-state index in [1.165, 1.54) is 0 Å². The van der Waals surface area contributed by atoms with Crippen LogP contribution in [0.3, 0.4) is 0 Å². The van der Waals surface area contributed by atoms with Gasteiger partial charge >= 0.3 is 0 Å². The van der Waals surface area contributed by atoms with Crippen molar-refractivity contribution < 1.29 is 9.53 Å².